The van der Waals surface area contributed by atoms with Crippen LogP contribution in [0, 0.1) is 5.92 Å². The molecule has 0 saturated carbocycles. The van der Waals surface area contributed by atoms with Crippen LogP contribution in [0.3, 0.4) is 0 Å². The van der Waals surface area contributed by atoms with Gasteiger partial charge in [0.15, 0.2) is 0 Å². The number of nitrogens with zero attached hydrogens (tertiary/aromatic N) is 3. The molecule has 41 heavy (non-hydrogen) atoms. The normalized spacial score (nSPS) is 18.0. The van der Waals surface area contributed by atoms with E-state index in [0.717, 1.165) is 87.8 Å². The van der Waals surface area contributed by atoms with Gasteiger partial charge in [-0.3, -0.25) is 9.69 Å². The Morgan fingerprint density at radius 2 is 1.71 bits per heavy atom. The predicted octanol–water partition coefficient (Wildman–Crippen LogP) is 5.36. The maximum absolute atomic E-state index is 13.3. The third kappa shape index (κ3) is 7.65. The van der Waals surface area contributed by atoms with Crippen LogP contribution >= 0.6 is 23.4 Å². The van der Waals surface area contributed by atoms with Crippen molar-refractivity contribution in [2.75, 3.05) is 52.1 Å². The number of benzene rings is 3. The van der Waals surface area contributed by atoms with Crippen LogP contribution in [0.2, 0.25) is 5.02 Å². The summed E-state index contributed by atoms with van der Waals surface area (Å²) in [5.41, 5.74) is 11.2. The number of phenols is 1. The molecule has 2 heterocycles. The molecule has 0 spiro atoms. The van der Waals surface area contributed by atoms with Gasteiger partial charge in [-0.05, 0) is 97.1 Å². The topological polar surface area (TPSA) is 73.0 Å². The van der Waals surface area contributed by atoms with Gasteiger partial charge < -0.3 is 20.6 Å². The molecule has 2 saturated heterocycles. The summed E-state index contributed by atoms with van der Waals surface area (Å²) in [6.45, 7) is 6.98. The fourth-order valence-corrected chi connectivity index (χ4v) is 6.96. The summed E-state index contributed by atoms with van der Waals surface area (Å²) in [7, 11) is 0. The highest BCUT2D eigenvalue weighted by molar-refractivity contribution is 7.98. The van der Waals surface area contributed by atoms with E-state index in [1.165, 1.54) is 16.0 Å². The number of carbonyl (C=O) groups excluding carboxylic acids is 1. The van der Waals surface area contributed by atoms with E-state index in [-0.39, 0.29) is 17.6 Å². The minimum Gasteiger partial charge on any atom is -0.508 e. The third-order valence-electron chi connectivity index (χ3n) is 8.62. The highest BCUT2D eigenvalue weighted by Crippen LogP contribution is 2.30. The van der Waals surface area contributed by atoms with Gasteiger partial charge in [-0.2, -0.15) is 0 Å². The SMILES string of the molecule is CSc1ccccc1CN1CCN(C(=O)[C@H](N)C2CCN(CCc3cc(Cl)ccc3-c3cccc(O)c3)CC2)CC1. The van der Waals surface area contributed by atoms with E-state index in [2.05, 4.69) is 40.3 Å². The van der Waals surface area contributed by atoms with Gasteiger partial charge in [0.25, 0.3) is 0 Å². The first-order chi connectivity index (χ1) is 19.9. The van der Waals surface area contributed by atoms with Crippen LogP contribution in [0.1, 0.15) is 24.0 Å². The molecule has 6 nitrogen and oxygen atoms in total. The summed E-state index contributed by atoms with van der Waals surface area (Å²) in [5.74, 6) is 0.594. The number of phenolic OH excluding ortho intramolecular Hbond substituents is 1. The third-order valence-corrected chi connectivity index (χ3v) is 9.69. The zero-order chi connectivity index (χ0) is 28.8. The first-order valence-corrected chi connectivity index (χ1v) is 16.2. The van der Waals surface area contributed by atoms with E-state index in [4.69, 9.17) is 17.3 Å². The van der Waals surface area contributed by atoms with E-state index >= 15 is 0 Å². The van der Waals surface area contributed by atoms with Gasteiger partial charge in [-0.15, -0.1) is 11.8 Å². The van der Waals surface area contributed by atoms with Gasteiger partial charge in [-0.25, -0.2) is 0 Å². The molecular formula is C33H41ClN4O2S. The molecule has 8 heteroatoms. The Balaban J connectivity index is 1.09. The number of piperidine rings is 1. The van der Waals surface area contributed by atoms with Crippen molar-refractivity contribution in [3.63, 3.8) is 0 Å². The van der Waals surface area contributed by atoms with E-state index in [9.17, 15) is 9.90 Å². The molecule has 0 unspecified atom stereocenters. The summed E-state index contributed by atoms with van der Waals surface area (Å²) in [6, 6.07) is 21.5. The van der Waals surface area contributed by atoms with Gasteiger partial charge in [0.1, 0.15) is 5.75 Å². The highest BCUT2D eigenvalue weighted by Gasteiger charge is 2.32. The molecule has 1 atom stereocenters. The summed E-state index contributed by atoms with van der Waals surface area (Å²) in [6.07, 6.45) is 4.86. The van der Waals surface area contributed by atoms with Gasteiger partial charge in [0.2, 0.25) is 5.91 Å². The van der Waals surface area contributed by atoms with Gasteiger partial charge in [0, 0.05) is 49.2 Å². The number of piperazine rings is 1. The van der Waals surface area contributed by atoms with E-state index in [0.29, 0.717) is 0 Å². The zero-order valence-corrected chi connectivity index (χ0v) is 25.4. The molecule has 0 aromatic heterocycles. The molecule has 0 radical (unpaired) electrons. The van der Waals surface area contributed by atoms with E-state index < -0.39 is 6.04 Å². The summed E-state index contributed by atoms with van der Waals surface area (Å²) in [4.78, 5) is 21.5. The Hall–Kier alpha value is -2.55. The molecule has 2 aliphatic heterocycles. The fraction of sp³-hybridized carbons (Fsp3) is 0.424. The maximum atomic E-state index is 13.3. The first-order valence-electron chi connectivity index (χ1n) is 14.6. The number of aromatic hydroxyl groups is 1. The van der Waals surface area contributed by atoms with Crippen LogP contribution in [-0.2, 0) is 17.8 Å². The largest absolute Gasteiger partial charge is 0.508 e. The van der Waals surface area contributed by atoms with Crippen LogP contribution in [0.5, 0.6) is 5.75 Å². The molecule has 0 aliphatic carbocycles. The lowest BCUT2D eigenvalue weighted by Gasteiger charge is -2.39. The zero-order valence-electron chi connectivity index (χ0n) is 23.8. The molecule has 5 rings (SSSR count). The van der Waals surface area contributed by atoms with Crippen molar-refractivity contribution in [3.05, 3.63) is 82.9 Å². The molecule has 218 valence electrons. The smallest absolute Gasteiger partial charge is 0.239 e. The molecular weight excluding hydrogens is 552 g/mol. The molecule has 2 fully saturated rings. The minimum absolute atomic E-state index is 0.113. The molecule has 3 N–H and O–H groups in total. The second-order valence-electron chi connectivity index (χ2n) is 11.2. The number of hydrogen-bond acceptors (Lipinski definition) is 6. The lowest BCUT2D eigenvalue weighted by atomic mass is 9.88. The minimum atomic E-state index is -0.425. The van der Waals surface area contributed by atoms with Crippen LogP contribution in [0.4, 0.5) is 0 Å². The average molecular weight is 593 g/mol. The predicted molar refractivity (Wildman–Crippen MR) is 169 cm³/mol. The van der Waals surface area contributed by atoms with Gasteiger partial charge in [0.05, 0.1) is 6.04 Å². The lowest BCUT2D eigenvalue weighted by Crippen LogP contribution is -2.55. The Bertz CT molecular complexity index is 1320. The number of nitrogens with two attached hydrogens (primary N) is 1. The summed E-state index contributed by atoms with van der Waals surface area (Å²) < 4.78 is 0. The van der Waals surface area contributed by atoms with Crippen molar-refractivity contribution in [2.24, 2.45) is 11.7 Å². The number of halogens is 1. The van der Waals surface area contributed by atoms with Crippen LogP contribution in [0.15, 0.2) is 71.6 Å². The van der Waals surface area contributed by atoms with Crippen LogP contribution in [-0.4, -0.2) is 83.8 Å². The standard InChI is InChI=1S/C33H41ClN4O2S/c1-41-31-8-3-2-5-27(31)23-37-17-19-38(20-18-37)33(40)32(35)24-11-14-36(15-12-24)16-13-26-21-28(34)9-10-30(26)25-6-4-7-29(39)22-25/h2-10,21-22,24,32,39H,11-20,23,35H2,1H3/t32-/m1/s1. The molecule has 0 bridgehead atoms. The number of likely N-dealkylation sites (tertiary alicyclic amines) is 1. The van der Waals surface area contributed by atoms with E-state index in [1.54, 1.807) is 23.9 Å². The summed E-state index contributed by atoms with van der Waals surface area (Å²) in [5, 5.41) is 10.7. The van der Waals surface area contributed by atoms with Crippen molar-refractivity contribution in [1.29, 1.82) is 0 Å². The number of carbonyl (C=O) groups is 1. The van der Waals surface area contributed by atoms with Crippen molar-refractivity contribution < 1.29 is 9.90 Å². The molecule has 1 amide bonds. The number of hydrogen-bond donors (Lipinski definition) is 2. The van der Waals surface area contributed by atoms with Crippen molar-refractivity contribution >= 4 is 29.3 Å². The van der Waals surface area contributed by atoms with Crippen molar-refractivity contribution in [3.8, 4) is 16.9 Å². The van der Waals surface area contributed by atoms with Gasteiger partial charge in [-0.1, -0.05) is 48.0 Å². The molecule has 3 aromatic rings. The number of rotatable bonds is 9. The van der Waals surface area contributed by atoms with Gasteiger partial charge >= 0.3 is 0 Å². The lowest BCUT2D eigenvalue weighted by molar-refractivity contribution is -0.136. The Morgan fingerprint density at radius 3 is 2.44 bits per heavy atom. The highest BCUT2D eigenvalue weighted by atomic mass is 35.5. The summed E-state index contributed by atoms with van der Waals surface area (Å²) >= 11 is 8.13. The second kappa shape index (κ2) is 14.1. The fourth-order valence-electron chi connectivity index (χ4n) is 6.15. The molecule has 3 aromatic carbocycles. The Kier molecular flexibility index (Phi) is 10.3. The Labute approximate surface area is 253 Å². The van der Waals surface area contributed by atoms with Crippen LogP contribution in [0.25, 0.3) is 11.1 Å². The van der Waals surface area contributed by atoms with Crippen molar-refractivity contribution in [1.82, 2.24) is 14.7 Å². The van der Waals surface area contributed by atoms with E-state index in [1.807, 2.05) is 35.2 Å². The maximum Gasteiger partial charge on any atom is 0.239 e. The molecule has 2 aliphatic rings. The monoisotopic (exact) mass is 592 g/mol. The van der Waals surface area contributed by atoms with Crippen LogP contribution < -0.4 is 5.73 Å². The Morgan fingerprint density at radius 1 is 0.951 bits per heavy atom. The quantitative estimate of drug-likeness (QED) is 0.326. The van der Waals surface area contributed by atoms with Crippen molar-refractivity contribution in [2.45, 2.75) is 36.7 Å². The second-order valence-corrected chi connectivity index (χ2v) is 12.5. The first kappa shape index (κ1) is 29.9. The number of amides is 1. The number of thioether (sulfide) groups is 1. The average Bonchev–Trinajstić information content (AvgIpc) is 3.00.